The Bertz CT molecular complexity index is 1350. The summed E-state index contributed by atoms with van der Waals surface area (Å²) < 4.78 is 10.6. The number of carbonyl (C=O) groups is 3. The SMILES string of the molecule is CCOC(=O)Cc1ccc(N2C(=O)C(=O)/C(=C(\O)c3ccc(OCC)c(C)c3)C2c2cccnc2)cc1. The molecule has 3 aromatic rings. The highest BCUT2D eigenvalue weighted by atomic mass is 16.5. The van der Waals surface area contributed by atoms with Crippen molar-refractivity contribution >= 4 is 29.1 Å². The second-order valence-corrected chi connectivity index (χ2v) is 8.52. The Labute approximate surface area is 215 Å². The molecule has 1 atom stereocenters. The van der Waals surface area contributed by atoms with E-state index in [-0.39, 0.29) is 23.7 Å². The summed E-state index contributed by atoms with van der Waals surface area (Å²) in [6.07, 6.45) is 3.25. The first kappa shape index (κ1) is 25.6. The van der Waals surface area contributed by atoms with Gasteiger partial charge in [0.25, 0.3) is 11.7 Å². The molecule has 1 amide bonds. The average Bonchev–Trinajstić information content (AvgIpc) is 3.16. The smallest absolute Gasteiger partial charge is 0.310 e. The first-order valence-electron chi connectivity index (χ1n) is 12.0. The molecule has 0 bridgehead atoms. The van der Waals surface area contributed by atoms with Gasteiger partial charge in [-0.15, -0.1) is 0 Å². The number of pyridine rings is 1. The number of amides is 1. The van der Waals surface area contributed by atoms with Crippen LogP contribution >= 0.6 is 0 Å². The van der Waals surface area contributed by atoms with Gasteiger partial charge in [0.2, 0.25) is 0 Å². The van der Waals surface area contributed by atoms with E-state index < -0.39 is 17.7 Å². The summed E-state index contributed by atoms with van der Waals surface area (Å²) in [5.41, 5.74) is 2.89. The molecule has 1 N–H and O–H groups in total. The van der Waals surface area contributed by atoms with Crippen LogP contribution in [0.2, 0.25) is 0 Å². The molecule has 0 spiro atoms. The fraction of sp³-hybridized carbons (Fsp3) is 0.241. The van der Waals surface area contributed by atoms with Gasteiger partial charge in [0, 0.05) is 23.6 Å². The molecule has 1 fully saturated rings. The number of ether oxygens (including phenoxy) is 2. The van der Waals surface area contributed by atoms with Crippen molar-refractivity contribution in [3.8, 4) is 5.75 Å². The number of benzene rings is 2. The van der Waals surface area contributed by atoms with Crippen LogP contribution in [0.25, 0.3) is 5.76 Å². The molecule has 4 rings (SSSR count). The van der Waals surface area contributed by atoms with E-state index in [1.165, 1.54) is 4.90 Å². The van der Waals surface area contributed by atoms with Crippen LogP contribution in [0.15, 0.2) is 72.6 Å². The highest BCUT2D eigenvalue weighted by molar-refractivity contribution is 6.51. The summed E-state index contributed by atoms with van der Waals surface area (Å²) in [4.78, 5) is 44.0. The van der Waals surface area contributed by atoms with E-state index in [9.17, 15) is 19.5 Å². The third kappa shape index (κ3) is 5.23. The zero-order valence-corrected chi connectivity index (χ0v) is 20.9. The Kier molecular flexibility index (Phi) is 7.67. The molecular formula is C29H28N2O6. The van der Waals surface area contributed by atoms with Crippen LogP contribution in [0, 0.1) is 6.92 Å². The summed E-state index contributed by atoms with van der Waals surface area (Å²) in [5, 5.41) is 11.3. The number of esters is 1. The predicted molar refractivity (Wildman–Crippen MR) is 138 cm³/mol. The largest absolute Gasteiger partial charge is 0.507 e. The minimum atomic E-state index is -0.892. The van der Waals surface area contributed by atoms with Gasteiger partial charge in [0.1, 0.15) is 11.5 Å². The number of aryl methyl sites for hydroxylation is 1. The molecule has 190 valence electrons. The molecular weight excluding hydrogens is 472 g/mol. The molecule has 1 aromatic heterocycles. The van der Waals surface area contributed by atoms with Crippen LogP contribution in [0.5, 0.6) is 5.75 Å². The molecule has 1 saturated heterocycles. The van der Waals surface area contributed by atoms with Crippen LogP contribution in [0.3, 0.4) is 0 Å². The third-order valence-electron chi connectivity index (χ3n) is 6.06. The number of aliphatic hydroxyl groups excluding tert-OH is 1. The number of aromatic nitrogens is 1. The van der Waals surface area contributed by atoms with Gasteiger partial charge in [0.05, 0.1) is 31.2 Å². The van der Waals surface area contributed by atoms with Crippen LogP contribution < -0.4 is 9.64 Å². The quantitative estimate of drug-likeness (QED) is 0.210. The maximum atomic E-state index is 13.3. The van der Waals surface area contributed by atoms with Crippen LogP contribution in [0.4, 0.5) is 5.69 Å². The highest BCUT2D eigenvalue weighted by Gasteiger charge is 2.47. The molecule has 37 heavy (non-hydrogen) atoms. The number of hydrogen-bond donors (Lipinski definition) is 1. The number of aliphatic hydroxyl groups is 1. The van der Waals surface area contributed by atoms with Gasteiger partial charge < -0.3 is 14.6 Å². The normalized spacial score (nSPS) is 16.6. The molecule has 1 unspecified atom stereocenters. The summed E-state index contributed by atoms with van der Waals surface area (Å²) in [6.45, 7) is 6.26. The third-order valence-corrected chi connectivity index (χ3v) is 6.06. The zero-order chi connectivity index (χ0) is 26.5. The number of rotatable bonds is 8. The van der Waals surface area contributed by atoms with Crippen molar-refractivity contribution in [2.45, 2.75) is 33.2 Å². The van der Waals surface area contributed by atoms with E-state index in [2.05, 4.69) is 4.98 Å². The average molecular weight is 501 g/mol. The van der Waals surface area contributed by atoms with Crippen molar-refractivity contribution < 1.29 is 29.0 Å². The molecule has 0 saturated carbocycles. The number of ketones is 1. The van der Waals surface area contributed by atoms with Gasteiger partial charge in [-0.2, -0.15) is 0 Å². The number of nitrogens with zero attached hydrogens (tertiary/aromatic N) is 2. The minimum Gasteiger partial charge on any atom is -0.507 e. The van der Waals surface area contributed by atoms with Gasteiger partial charge in [-0.3, -0.25) is 24.3 Å². The van der Waals surface area contributed by atoms with Gasteiger partial charge in [0.15, 0.2) is 0 Å². The molecule has 8 heteroatoms. The number of hydrogen-bond acceptors (Lipinski definition) is 7. The summed E-state index contributed by atoms with van der Waals surface area (Å²) in [5.74, 6) is -1.52. The van der Waals surface area contributed by atoms with Crippen molar-refractivity contribution in [3.63, 3.8) is 0 Å². The lowest BCUT2D eigenvalue weighted by Gasteiger charge is -2.25. The fourth-order valence-electron chi connectivity index (χ4n) is 4.37. The maximum Gasteiger partial charge on any atom is 0.310 e. The molecule has 0 radical (unpaired) electrons. The van der Waals surface area contributed by atoms with Crippen LogP contribution in [0.1, 0.15) is 42.1 Å². The van der Waals surface area contributed by atoms with Gasteiger partial charge in [-0.25, -0.2) is 0 Å². The lowest BCUT2D eigenvalue weighted by atomic mass is 9.95. The van der Waals surface area contributed by atoms with Gasteiger partial charge >= 0.3 is 5.97 Å². The van der Waals surface area contributed by atoms with E-state index in [1.807, 2.05) is 13.8 Å². The molecule has 1 aliphatic rings. The zero-order valence-electron chi connectivity index (χ0n) is 20.9. The second-order valence-electron chi connectivity index (χ2n) is 8.52. The second kappa shape index (κ2) is 11.1. The van der Waals surface area contributed by atoms with Crippen molar-refractivity contribution in [2.75, 3.05) is 18.1 Å². The molecule has 1 aliphatic heterocycles. The number of anilines is 1. The van der Waals surface area contributed by atoms with E-state index in [0.717, 1.165) is 5.56 Å². The first-order valence-corrected chi connectivity index (χ1v) is 12.0. The number of Topliss-reactive ketones (excluding diaryl/α,β-unsaturated/α-hetero) is 1. The standard InChI is InChI=1S/C29H28N2O6/c1-4-36-23-13-10-20(15-18(23)3)27(33)25-26(21-7-6-14-30-17-21)31(29(35)28(25)34)22-11-8-19(9-12-22)16-24(32)37-5-2/h6-15,17,26,33H,4-5,16H2,1-3H3/b27-25-. The van der Waals surface area contributed by atoms with E-state index >= 15 is 0 Å². The van der Waals surface area contributed by atoms with Gasteiger partial charge in [-0.05, 0) is 73.9 Å². The Balaban J connectivity index is 1.78. The Morgan fingerprint density at radius 1 is 1.05 bits per heavy atom. The van der Waals surface area contributed by atoms with E-state index in [4.69, 9.17) is 9.47 Å². The Morgan fingerprint density at radius 2 is 1.81 bits per heavy atom. The monoisotopic (exact) mass is 500 g/mol. The lowest BCUT2D eigenvalue weighted by Crippen LogP contribution is -2.29. The Hall–Kier alpha value is -4.46. The van der Waals surface area contributed by atoms with Crippen molar-refractivity contribution in [2.24, 2.45) is 0 Å². The highest BCUT2D eigenvalue weighted by Crippen LogP contribution is 2.42. The van der Waals surface area contributed by atoms with Crippen LogP contribution in [-0.2, 0) is 25.5 Å². The van der Waals surface area contributed by atoms with E-state index in [0.29, 0.717) is 41.3 Å². The van der Waals surface area contributed by atoms with E-state index in [1.54, 1.807) is 73.9 Å². The van der Waals surface area contributed by atoms with Gasteiger partial charge in [-0.1, -0.05) is 18.2 Å². The van der Waals surface area contributed by atoms with Crippen LogP contribution in [-0.4, -0.2) is 41.0 Å². The van der Waals surface area contributed by atoms with Crippen molar-refractivity contribution in [1.82, 2.24) is 4.98 Å². The molecule has 2 aromatic carbocycles. The lowest BCUT2D eigenvalue weighted by molar-refractivity contribution is -0.142. The van der Waals surface area contributed by atoms with Crippen molar-refractivity contribution in [3.05, 3.63) is 94.8 Å². The first-order chi connectivity index (χ1) is 17.8. The summed E-state index contributed by atoms with van der Waals surface area (Å²) in [7, 11) is 0. The molecule has 0 aliphatic carbocycles. The fourth-order valence-corrected chi connectivity index (χ4v) is 4.37. The maximum absolute atomic E-state index is 13.3. The molecule has 8 nitrogen and oxygen atoms in total. The predicted octanol–water partition coefficient (Wildman–Crippen LogP) is 4.52. The summed E-state index contributed by atoms with van der Waals surface area (Å²) >= 11 is 0. The number of carbonyl (C=O) groups excluding carboxylic acids is 3. The topological polar surface area (TPSA) is 106 Å². The summed E-state index contributed by atoms with van der Waals surface area (Å²) in [6, 6.07) is 14.4. The van der Waals surface area contributed by atoms with Crippen molar-refractivity contribution in [1.29, 1.82) is 0 Å². The molecule has 2 heterocycles. The Morgan fingerprint density at radius 3 is 2.43 bits per heavy atom. The minimum absolute atomic E-state index is 0.0304.